The first kappa shape index (κ1) is 16.3. The number of hydrogen-bond donors (Lipinski definition) is 0. The normalized spacial score (nSPS) is 12.1. The maximum absolute atomic E-state index is 12.7. The molecule has 8 heteroatoms. The number of pyridine rings is 1. The van der Waals surface area contributed by atoms with E-state index in [1.165, 1.54) is 6.07 Å². The van der Waals surface area contributed by atoms with Crippen LogP contribution in [0, 0.1) is 6.92 Å². The number of hydrogen-bond acceptors (Lipinski definition) is 2. The molecule has 23 heavy (non-hydrogen) atoms. The molecule has 2 aromatic heterocycles. The molecule has 0 N–H and O–H groups in total. The van der Waals surface area contributed by atoms with Gasteiger partial charge in [0.05, 0.1) is 12.1 Å². The van der Waals surface area contributed by atoms with E-state index in [1.807, 2.05) is 17.6 Å². The van der Waals surface area contributed by atoms with Crippen molar-refractivity contribution < 1.29 is 13.2 Å². The Bertz CT molecular complexity index is 890. The second kappa shape index (κ2) is 5.79. The zero-order valence-electron chi connectivity index (χ0n) is 11.8. The third kappa shape index (κ3) is 3.21. The number of halogens is 5. The summed E-state index contributed by atoms with van der Waals surface area (Å²) in [5, 5.41) is 0.0658. The monoisotopic (exact) mass is 403 g/mol. The number of rotatable bonds is 2. The average molecular weight is 405 g/mol. The number of fused-ring (bicyclic) bond motifs is 1. The van der Waals surface area contributed by atoms with Crippen LogP contribution < -0.4 is 0 Å². The largest absolute Gasteiger partial charge is 0.416 e. The zero-order chi connectivity index (χ0) is 16.8. The van der Waals surface area contributed by atoms with Gasteiger partial charge in [-0.25, -0.2) is 9.97 Å². The van der Waals surface area contributed by atoms with E-state index in [9.17, 15) is 13.2 Å². The Hall–Kier alpha value is -1.60. The molecule has 0 unspecified atom stereocenters. The molecule has 0 saturated carbocycles. The summed E-state index contributed by atoms with van der Waals surface area (Å²) in [5.74, 6) is 0.710. The minimum absolute atomic E-state index is 0.0658. The van der Waals surface area contributed by atoms with Crippen LogP contribution in [0.25, 0.3) is 11.2 Å². The number of imidazole rings is 1. The SMILES string of the molecule is Cc1nc2ccc(Br)nc2n1Cc1ccc(C(F)(F)F)cc1Cl. The number of nitrogens with zero attached hydrogens (tertiary/aromatic N) is 3. The van der Waals surface area contributed by atoms with Crippen molar-refractivity contribution in [2.45, 2.75) is 19.6 Å². The summed E-state index contributed by atoms with van der Waals surface area (Å²) in [6.07, 6.45) is -4.41. The highest BCUT2D eigenvalue weighted by atomic mass is 79.9. The molecule has 0 aliphatic rings. The summed E-state index contributed by atoms with van der Waals surface area (Å²) in [5.41, 5.74) is 1.17. The van der Waals surface area contributed by atoms with Crippen LogP contribution in [-0.2, 0) is 12.7 Å². The van der Waals surface area contributed by atoms with Crippen molar-refractivity contribution in [2.24, 2.45) is 0 Å². The molecular formula is C15H10BrClF3N3. The zero-order valence-corrected chi connectivity index (χ0v) is 14.2. The lowest BCUT2D eigenvalue weighted by Crippen LogP contribution is -2.07. The van der Waals surface area contributed by atoms with Gasteiger partial charge < -0.3 is 4.57 Å². The summed E-state index contributed by atoms with van der Waals surface area (Å²) >= 11 is 9.33. The molecule has 120 valence electrons. The first-order chi connectivity index (χ1) is 10.8. The smallest absolute Gasteiger partial charge is 0.308 e. The molecule has 0 amide bonds. The molecule has 2 heterocycles. The van der Waals surface area contributed by atoms with E-state index in [1.54, 1.807) is 6.07 Å². The lowest BCUT2D eigenvalue weighted by atomic mass is 10.1. The molecular weight excluding hydrogens is 395 g/mol. The van der Waals surface area contributed by atoms with E-state index < -0.39 is 11.7 Å². The number of aryl methyl sites for hydroxylation is 1. The third-order valence-corrected chi connectivity index (χ3v) is 4.25. The summed E-state index contributed by atoms with van der Waals surface area (Å²) in [4.78, 5) is 8.77. The lowest BCUT2D eigenvalue weighted by Gasteiger charge is -2.11. The van der Waals surface area contributed by atoms with Crippen molar-refractivity contribution in [1.82, 2.24) is 14.5 Å². The predicted octanol–water partition coefficient (Wildman–Crippen LogP) is 5.22. The van der Waals surface area contributed by atoms with Gasteiger partial charge in [-0.15, -0.1) is 0 Å². The second-order valence-corrected chi connectivity index (χ2v) is 6.25. The van der Waals surface area contributed by atoms with Gasteiger partial charge in [0.15, 0.2) is 5.65 Å². The Kier molecular flexibility index (Phi) is 4.10. The Balaban J connectivity index is 2.03. The maximum atomic E-state index is 12.7. The quantitative estimate of drug-likeness (QED) is 0.548. The van der Waals surface area contributed by atoms with Crippen LogP contribution in [0.4, 0.5) is 13.2 Å². The summed E-state index contributed by atoms with van der Waals surface area (Å²) in [7, 11) is 0. The summed E-state index contributed by atoms with van der Waals surface area (Å²) < 4.78 is 40.6. The first-order valence-corrected chi connectivity index (χ1v) is 7.78. The Morgan fingerprint density at radius 1 is 1.17 bits per heavy atom. The lowest BCUT2D eigenvalue weighted by molar-refractivity contribution is -0.137. The van der Waals surface area contributed by atoms with Crippen molar-refractivity contribution in [1.29, 1.82) is 0 Å². The van der Waals surface area contributed by atoms with Gasteiger partial charge in [-0.1, -0.05) is 17.7 Å². The molecule has 0 radical (unpaired) electrons. The van der Waals surface area contributed by atoms with Crippen molar-refractivity contribution in [2.75, 3.05) is 0 Å². The number of benzene rings is 1. The Labute approximate surface area is 143 Å². The molecule has 0 saturated heterocycles. The average Bonchev–Trinajstić information content (AvgIpc) is 2.76. The molecule has 0 aliphatic heterocycles. The Morgan fingerprint density at radius 3 is 2.57 bits per heavy atom. The standard InChI is InChI=1S/C15H10BrClF3N3/c1-8-21-12-4-5-13(16)22-14(12)23(8)7-9-2-3-10(6-11(9)17)15(18,19)20/h2-6H,7H2,1H3. The number of aromatic nitrogens is 3. The van der Waals surface area contributed by atoms with Crippen LogP contribution in [-0.4, -0.2) is 14.5 Å². The van der Waals surface area contributed by atoms with E-state index >= 15 is 0 Å². The van der Waals surface area contributed by atoms with Gasteiger partial charge >= 0.3 is 6.18 Å². The molecule has 3 nitrogen and oxygen atoms in total. The van der Waals surface area contributed by atoms with Gasteiger partial charge in [0.2, 0.25) is 0 Å². The fourth-order valence-corrected chi connectivity index (χ4v) is 2.84. The first-order valence-electron chi connectivity index (χ1n) is 6.61. The van der Waals surface area contributed by atoms with E-state index in [0.717, 1.165) is 12.1 Å². The minimum Gasteiger partial charge on any atom is -0.308 e. The van der Waals surface area contributed by atoms with Crippen molar-refractivity contribution in [3.05, 3.63) is 56.9 Å². The van der Waals surface area contributed by atoms with Gasteiger partial charge in [0.25, 0.3) is 0 Å². The molecule has 0 spiro atoms. The highest BCUT2D eigenvalue weighted by Gasteiger charge is 2.30. The van der Waals surface area contributed by atoms with Gasteiger partial charge in [-0.2, -0.15) is 13.2 Å². The van der Waals surface area contributed by atoms with E-state index in [2.05, 4.69) is 25.9 Å². The van der Waals surface area contributed by atoms with Crippen LogP contribution in [0.1, 0.15) is 17.0 Å². The topological polar surface area (TPSA) is 30.7 Å². The van der Waals surface area contributed by atoms with Crippen molar-refractivity contribution in [3.8, 4) is 0 Å². The van der Waals surface area contributed by atoms with Crippen molar-refractivity contribution in [3.63, 3.8) is 0 Å². The van der Waals surface area contributed by atoms with E-state index in [-0.39, 0.29) is 5.02 Å². The molecule has 0 fully saturated rings. The molecule has 0 bridgehead atoms. The second-order valence-electron chi connectivity index (χ2n) is 5.03. The highest BCUT2D eigenvalue weighted by Crippen LogP contribution is 2.32. The van der Waals surface area contributed by atoms with Gasteiger partial charge in [0, 0.05) is 5.02 Å². The van der Waals surface area contributed by atoms with Crippen molar-refractivity contribution >= 4 is 38.7 Å². The molecule has 3 rings (SSSR count). The molecule has 1 aromatic carbocycles. The van der Waals surface area contributed by atoms with E-state index in [4.69, 9.17) is 11.6 Å². The van der Waals surface area contributed by atoms with Crippen LogP contribution in [0.5, 0.6) is 0 Å². The maximum Gasteiger partial charge on any atom is 0.416 e. The van der Waals surface area contributed by atoms with Gasteiger partial charge in [-0.3, -0.25) is 0 Å². The van der Waals surface area contributed by atoms with Gasteiger partial charge in [-0.05, 0) is 52.7 Å². The van der Waals surface area contributed by atoms with Gasteiger partial charge in [0.1, 0.15) is 15.9 Å². The molecule has 0 aliphatic carbocycles. The molecule has 0 atom stereocenters. The summed E-state index contributed by atoms with van der Waals surface area (Å²) in [6, 6.07) is 6.95. The third-order valence-electron chi connectivity index (χ3n) is 3.46. The fourth-order valence-electron chi connectivity index (χ4n) is 2.30. The fraction of sp³-hybridized carbons (Fsp3) is 0.200. The predicted molar refractivity (Wildman–Crippen MR) is 85.5 cm³/mol. The van der Waals surface area contributed by atoms with E-state index in [0.29, 0.717) is 33.7 Å². The Morgan fingerprint density at radius 2 is 1.91 bits per heavy atom. The van der Waals surface area contributed by atoms with Crippen LogP contribution in [0.15, 0.2) is 34.9 Å². The van der Waals surface area contributed by atoms with Crippen LogP contribution >= 0.6 is 27.5 Å². The minimum atomic E-state index is -4.41. The molecule has 3 aromatic rings. The van der Waals surface area contributed by atoms with Crippen LogP contribution in [0.3, 0.4) is 0 Å². The summed E-state index contributed by atoms with van der Waals surface area (Å²) in [6.45, 7) is 2.11. The highest BCUT2D eigenvalue weighted by molar-refractivity contribution is 9.10. The number of alkyl halides is 3. The van der Waals surface area contributed by atoms with Crippen LogP contribution in [0.2, 0.25) is 5.02 Å².